The van der Waals surface area contributed by atoms with Gasteiger partial charge in [-0.2, -0.15) is 0 Å². The zero-order valence-electron chi connectivity index (χ0n) is 16.9. The van der Waals surface area contributed by atoms with E-state index in [0.717, 1.165) is 11.1 Å². The van der Waals surface area contributed by atoms with E-state index in [2.05, 4.69) is 16.0 Å². The van der Waals surface area contributed by atoms with Crippen molar-refractivity contribution in [2.24, 2.45) is 0 Å². The number of aliphatic hydroxyl groups is 1. The number of methoxy groups -OCH3 is 1. The molecule has 4 aliphatic rings. The van der Waals surface area contributed by atoms with Crippen LogP contribution in [0.3, 0.4) is 0 Å². The molecule has 1 aliphatic carbocycles. The van der Waals surface area contributed by atoms with Gasteiger partial charge in [-0.15, -0.1) is 0 Å². The molecule has 3 aliphatic heterocycles. The molecule has 8 heteroatoms. The quantitative estimate of drug-likeness (QED) is 0.593. The van der Waals surface area contributed by atoms with Crippen molar-refractivity contribution < 1.29 is 28.8 Å². The maximum Gasteiger partial charge on any atom is 0.341 e. The summed E-state index contributed by atoms with van der Waals surface area (Å²) in [6.45, 7) is 0.514. The van der Waals surface area contributed by atoms with Crippen LogP contribution >= 0.6 is 0 Å². The number of pyridine rings is 1. The molecule has 6 atom stereocenters. The number of carbonyl (C=O) groups excluding carboxylic acids is 1. The summed E-state index contributed by atoms with van der Waals surface area (Å²) >= 11 is 0. The molecule has 6 rings (SSSR count). The largest absolute Gasteiger partial charge is 0.454 e. The highest BCUT2D eigenvalue weighted by atomic mass is 16.7. The maximum atomic E-state index is 12.9. The predicted octanol–water partition coefficient (Wildman–Crippen LogP) is 1.94. The summed E-state index contributed by atoms with van der Waals surface area (Å²) in [4.78, 5) is 19.0. The molecule has 160 valence electrons. The lowest BCUT2D eigenvalue weighted by atomic mass is 9.65. The van der Waals surface area contributed by atoms with Crippen molar-refractivity contribution in [2.75, 3.05) is 20.4 Å². The number of nitrogens with zero attached hydrogens (tertiary/aromatic N) is 2. The van der Waals surface area contributed by atoms with Gasteiger partial charge in [-0.1, -0.05) is 12.2 Å². The fourth-order valence-corrected chi connectivity index (χ4v) is 5.47. The number of esters is 1. The lowest BCUT2D eigenvalue weighted by Gasteiger charge is -2.48. The minimum absolute atomic E-state index is 0.0730. The van der Waals surface area contributed by atoms with Gasteiger partial charge in [-0.25, -0.2) is 4.79 Å². The molecule has 0 radical (unpaired) electrons. The van der Waals surface area contributed by atoms with Crippen molar-refractivity contribution in [3.05, 3.63) is 65.5 Å². The zero-order chi connectivity index (χ0) is 21.2. The summed E-state index contributed by atoms with van der Waals surface area (Å²) in [5, 5.41) is 11.3. The number of benzene rings is 1. The lowest BCUT2D eigenvalue weighted by molar-refractivity contribution is -0.0605. The van der Waals surface area contributed by atoms with Crippen molar-refractivity contribution in [3.63, 3.8) is 0 Å². The van der Waals surface area contributed by atoms with E-state index in [1.54, 1.807) is 25.4 Å². The Kier molecular flexibility index (Phi) is 4.11. The standard InChI is InChI=1S/C23H22N2O6/c1-28-14-4-5-23-16-9-18-17(29-12-30-18)8-15(16)21(25(11-20(23)26)19(23)7-14)31-22(27)13-3-2-6-24-10-13/h2-6,8-10,14,19-21,26H,7,11-12H2,1H3/t14-,19+,20-,21?,23+/m1/s1. The fraction of sp³-hybridized carbons (Fsp3) is 0.391. The third-order valence-corrected chi connectivity index (χ3v) is 6.93. The highest BCUT2D eigenvalue weighted by molar-refractivity contribution is 5.89. The van der Waals surface area contributed by atoms with E-state index in [4.69, 9.17) is 18.9 Å². The van der Waals surface area contributed by atoms with Crippen molar-refractivity contribution in [1.82, 2.24) is 9.88 Å². The van der Waals surface area contributed by atoms with E-state index in [1.807, 2.05) is 18.2 Å². The number of aromatic nitrogens is 1. The van der Waals surface area contributed by atoms with E-state index in [1.165, 1.54) is 6.20 Å². The minimum atomic E-state index is -0.670. The van der Waals surface area contributed by atoms with Crippen LogP contribution in [0.15, 0.2) is 48.8 Å². The van der Waals surface area contributed by atoms with Gasteiger partial charge in [-0.05, 0) is 36.2 Å². The first-order valence-corrected chi connectivity index (χ1v) is 10.3. The van der Waals surface area contributed by atoms with Gasteiger partial charge >= 0.3 is 5.97 Å². The molecule has 0 amide bonds. The number of hydrogen-bond donors (Lipinski definition) is 1. The predicted molar refractivity (Wildman–Crippen MR) is 108 cm³/mol. The molecule has 31 heavy (non-hydrogen) atoms. The third kappa shape index (κ3) is 2.59. The van der Waals surface area contributed by atoms with E-state index < -0.39 is 23.7 Å². The van der Waals surface area contributed by atoms with Crippen molar-refractivity contribution in [3.8, 4) is 11.5 Å². The second kappa shape index (κ2) is 6.78. The van der Waals surface area contributed by atoms with E-state index in [-0.39, 0.29) is 18.9 Å². The molecular weight excluding hydrogens is 400 g/mol. The van der Waals surface area contributed by atoms with Crippen LogP contribution in [0.5, 0.6) is 11.5 Å². The summed E-state index contributed by atoms with van der Waals surface area (Å²) in [5.74, 6) is 0.782. The Labute approximate surface area is 179 Å². The average Bonchev–Trinajstić information content (AvgIpc) is 3.36. The molecule has 1 aromatic carbocycles. The van der Waals surface area contributed by atoms with Gasteiger partial charge in [0.15, 0.2) is 17.7 Å². The minimum Gasteiger partial charge on any atom is -0.454 e. The van der Waals surface area contributed by atoms with Gasteiger partial charge in [0.1, 0.15) is 0 Å². The molecule has 2 aromatic rings. The average molecular weight is 422 g/mol. The first-order valence-electron chi connectivity index (χ1n) is 10.3. The number of aliphatic hydroxyl groups excluding tert-OH is 1. The van der Waals surface area contributed by atoms with Gasteiger partial charge in [0, 0.05) is 37.7 Å². The molecule has 1 N–H and O–H groups in total. The van der Waals surface area contributed by atoms with Crippen molar-refractivity contribution in [1.29, 1.82) is 0 Å². The van der Waals surface area contributed by atoms with Gasteiger partial charge in [-0.3, -0.25) is 9.88 Å². The summed E-state index contributed by atoms with van der Waals surface area (Å²) in [7, 11) is 1.68. The summed E-state index contributed by atoms with van der Waals surface area (Å²) in [5.41, 5.74) is 1.45. The molecule has 0 spiro atoms. The van der Waals surface area contributed by atoms with Crippen LogP contribution in [-0.2, 0) is 14.9 Å². The number of carbonyl (C=O) groups is 1. The lowest BCUT2D eigenvalue weighted by Crippen LogP contribution is -2.54. The van der Waals surface area contributed by atoms with Crippen LogP contribution in [-0.4, -0.2) is 59.7 Å². The summed E-state index contributed by atoms with van der Waals surface area (Å²) in [6.07, 6.45) is 6.44. The van der Waals surface area contributed by atoms with Gasteiger partial charge in [0.2, 0.25) is 6.79 Å². The topological polar surface area (TPSA) is 90.4 Å². The van der Waals surface area contributed by atoms with E-state index in [9.17, 15) is 9.90 Å². The van der Waals surface area contributed by atoms with Gasteiger partial charge < -0.3 is 24.1 Å². The third-order valence-electron chi connectivity index (χ3n) is 6.93. The highest BCUT2D eigenvalue weighted by Gasteiger charge is 2.62. The Morgan fingerprint density at radius 1 is 1.32 bits per heavy atom. The van der Waals surface area contributed by atoms with Crippen LogP contribution in [0.4, 0.5) is 0 Å². The molecule has 4 heterocycles. The van der Waals surface area contributed by atoms with Crippen LogP contribution < -0.4 is 9.47 Å². The monoisotopic (exact) mass is 422 g/mol. The van der Waals surface area contributed by atoms with Crippen LogP contribution in [0.1, 0.15) is 34.1 Å². The van der Waals surface area contributed by atoms with Gasteiger partial charge in [0.05, 0.1) is 23.2 Å². The van der Waals surface area contributed by atoms with E-state index >= 15 is 0 Å². The highest BCUT2D eigenvalue weighted by Crippen LogP contribution is 2.57. The molecular formula is C23H22N2O6. The second-order valence-electron chi connectivity index (χ2n) is 8.32. The Balaban J connectivity index is 1.49. The number of fused-ring (bicyclic) bond motifs is 2. The van der Waals surface area contributed by atoms with Crippen molar-refractivity contribution >= 4 is 5.97 Å². The molecule has 1 fully saturated rings. The first kappa shape index (κ1) is 18.8. The second-order valence-corrected chi connectivity index (χ2v) is 8.32. The molecule has 1 aromatic heterocycles. The maximum absolute atomic E-state index is 12.9. The Morgan fingerprint density at radius 3 is 2.94 bits per heavy atom. The van der Waals surface area contributed by atoms with Crippen LogP contribution in [0.2, 0.25) is 0 Å². The molecule has 2 unspecified atom stereocenters. The SMILES string of the molecule is CO[C@@H]1C=C[C@@]23c4cc5c(cc4C(OC(=O)c4cccnc4)N(C[C@H]2O)[C@H]3C1)OCO5. The summed E-state index contributed by atoms with van der Waals surface area (Å²) in [6, 6.07) is 7.09. The summed E-state index contributed by atoms with van der Waals surface area (Å²) < 4.78 is 22.8. The Morgan fingerprint density at radius 2 is 2.16 bits per heavy atom. The molecule has 8 nitrogen and oxygen atoms in total. The smallest absolute Gasteiger partial charge is 0.341 e. The molecule has 1 saturated heterocycles. The molecule has 2 bridgehead atoms. The van der Waals surface area contributed by atoms with Crippen LogP contribution in [0.25, 0.3) is 0 Å². The van der Waals surface area contributed by atoms with E-state index in [0.29, 0.717) is 30.0 Å². The fourth-order valence-electron chi connectivity index (χ4n) is 5.47. The van der Waals surface area contributed by atoms with Gasteiger partial charge in [0.25, 0.3) is 0 Å². The number of ether oxygens (including phenoxy) is 4. The first-order chi connectivity index (χ1) is 15.1. The number of hydrogen-bond acceptors (Lipinski definition) is 8. The molecule has 0 saturated carbocycles. The number of rotatable bonds is 3. The Bertz CT molecular complexity index is 1070. The zero-order valence-corrected chi connectivity index (χ0v) is 16.9. The van der Waals surface area contributed by atoms with Crippen molar-refractivity contribution in [2.45, 2.75) is 36.3 Å². The normalized spacial score (nSPS) is 34.2. The Hall–Kier alpha value is -2.94. The van der Waals surface area contributed by atoms with Crippen LogP contribution in [0, 0.1) is 0 Å².